The molecule has 0 N–H and O–H groups in total. The predicted octanol–water partition coefficient (Wildman–Crippen LogP) is 2.06. The number of ether oxygens (including phenoxy) is 2. The van der Waals surface area contributed by atoms with Crippen molar-refractivity contribution in [1.82, 2.24) is 9.78 Å². The fourth-order valence-electron chi connectivity index (χ4n) is 2.90. The highest BCUT2D eigenvalue weighted by Crippen LogP contribution is 2.49. The maximum atomic E-state index is 12.2. The first kappa shape index (κ1) is 17.6. The summed E-state index contributed by atoms with van der Waals surface area (Å²) < 4.78 is 11.7. The summed E-state index contributed by atoms with van der Waals surface area (Å²) in [4.78, 5) is 36.2. The SMILES string of the molecule is COC(=O)c1c(C2(C)CC2)nn(C)c1COC(=O)CC(=O)C1(C)CC1. The van der Waals surface area contributed by atoms with Crippen molar-refractivity contribution in [2.24, 2.45) is 12.5 Å². The highest BCUT2D eigenvalue weighted by molar-refractivity contribution is 6.00. The zero-order valence-corrected chi connectivity index (χ0v) is 15.2. The molecule has 1 heterocycles. The zero-order valence-electron chi connectivity index (χ0n) is 15.2. The van der Waals surface area contributed by atoms with Crippen molar-refractivity contribution in [3.8, 4) is 0 Å². The molecule has 1 aromatic heterocycles. The topological polar surface area (TPSA) is 87.5 Å². The van der Waals surface area contributed by atoms with Crippen LogP contribution in [0.15, 0.2) is 0 Å². The molecular formula is C18H24N2O5. The molecule has 136 valence electrons. The molecule has 0 atom stereocenters. The van der Waals surface area contributed by atoms with Crippen LogP contribution in [0.3, 0.4) is 0 Å². The molecule has 0 aliphatic heterocycles. The minimum absolute atomic E-state index is 0.0816. The quantitative estimate of drug-likeness (QED) is 0.554. The van der Waals surface area contributed by atoms with Crippen molar-refractivity contribution in [2.75, 3.05) is 7.11 Å². The lowest BCUT2D eigenvalue weighted by molar-refractivity contribution is -0.148. The van der Waals surface area contributed by atoms with E-state index in [1.807, 2.05) is 13.8 Å². The number of esters is 2. The summed E-state index contributed by atoms with van der Waals surface area (Å²) in [6, 6.07) is 0. The first-order valence-electron chi connectivity index (χ1n) is 8.54. The van der Waals surface area contributed by atoms with E-state index in [-0.39, 0.29) is 29.6 Å². The number of hydrogen-bond donors (Lipinski definition) is 0. The summed E-state index contributed by atoms with van der Waals surface area (Å²) in [7, 11) is 3.03. The summed E-state index contributed by atoms with van der Waals surface area (Å²) in [5.74, 6) is -1.14. The normalized spacial score (nSPS) is 19.2. The Kier molecular flexibility index (Phi) is 4.21. The minimum Gasteiger partial charge on any atom is -0.465 e. The summed E-state index contributed by atoms with van der Waals surface area (Å²) >= 11 is 0. The van der Waals surface area contributed by atoms with Gasteiger partial charge in [-0.05, 0) is 25.7 Å². The first-order chi connectivity index (χ1) is 11.7. The molecular weight excluding hydrogens is 324 g/mol. The molecule has 0 unspecified atom stereocenters. The van der Waals surface area contributed by atoms with Gasteiger partial charge in [-0.3, -0.25) is 14.3 Å². The lowest BCUT2D eigenvalue weighted by atomic mass is 9.99. The largest absolute Gasteiger partial charge is 0.465 e. The first-order valence-corrected chi connectivity index (χ1v) is 8.54. The fraction of sp³-hybridized carbons (Fsp3) is 0.667. The molecule has 2 saturated carbocycles. The van der Waals surface area contributed by atoms with Crippen molar-refractivity contribution in [1.29, 1.82) is 0 Å². The predicted molar refractivity (Wildman–Crippen MR) is 87.9 cm³/mol. The van der Waals surface area contributed by atoms with Crippen LogP contribution >= 0.6 is 0 Å². The Hall–Kier alpha value is -2.18. The molecule has 25 heavy (non-hydrogen) atoms. The Morgan fingerprint density at radius 3 is 2.32 bits per heavy atom. The Labute approximate surface area is 146 Å². The third kappa shape index (κ3) is 3.32. The summed E-state index contributed by atoms with van der Waals surface area (Å²) in [5.41, 5.74) is 1.08. The number of ketones is 1. The van der Waals surface area contributed by atoms with Gasteiger partial charge in [-0.15, -0.1) is 0 Å². The van der Waals surface area contributed by atoms with E-state index in [0.29, 0.717) is 17.0 Å². The summed E-state index contributed by atoms with van der Waals surface area (Å²) in [6.45, 7) is 3.81. The number of nitrogens with zero attached hydrogens (tertiary/aromatic N) is 2. The van der Waals surface area contributed by atoms with Gasteiger partial charge in [0.15, 0.2) is 0 Å². The molecule has 0 radical (unpaired) electrons. The van der Waals surface area contributed by atoms with Gasteiger partial charge >= 0.3 is 11.9 Å². The number of hydrogen-bond acceptors (Lipinski definition) is 6. The number of rotatable bonds is 7. The number of aryl methyl sites for hydroxylation is 1. The molecule has 0 saturated heterocycles. The van der Waals surface area contributed by atoms with E-state index < -0.39 is 11.9 Å². The van der Waals surface area contributed by atoms with Crippen molar-refractivity contribution >= 4 is 17.7 Å². The van der Waals surface area contributed by atoms with Crippen LogP contribution in [-0.2, 0) is 38.1 Å². The van der Waals surface area contributed by atoms with E-state index in [4.69, 9.17) is 9.47 Å². The minimum atomic E-state index is -0.575. The number of methoxy groups -OCH3 is 1. The summed E-state index contributed by atoms with van der Waals surface area (Å²) in [5, 5.41) is 4.46. The van der Waals surface area contributed by atoms with E-state index >= 15 is 0 Å². The van der Waals surface area contributed by atoms with Gasteiger partial charge in [0.2, 0.25) is 0 Å². The van der Waals surface area contributed by atoms with Crippen LogP contribution in [0.1, 0.15) is 67.7 Å². The van der Waals surface area contributed by atoms with Gasteiger partial charge in [0.1, 0.15) is 24.4 Å². The van der Waals surface area contributed by atoms with E-state index in [0.717, 1.165) is 25.7 Å². The molecule has 7 heteroatoms. The lowest BCUT2D eigenvalue weighted by Gasteiger charge is -2.10. The van der Waals surface area contributed by atoms with Gasteiger partial charge in [0.05, 0.1) is 18.5 Å². The maximum absolute atomic E-state index is 12.2. The third-order valence-corrected chi connectivity index (χ3v) is 5.48. The Morgan fingerprint density at radius 2 is 1.80 bits per heavy atom. The molecule has 0 aromatic carbocycles. The third-order valence-electron chi connectivity index (χ3n) is 5.48. The highest BCUT2D eigenvalue weighted by Gasteiger charge is 2.46. The Balaban J connectivity index is 1.73. The molecule has 7 nitrogen and oxygen atoms in total. The average molecular weight is 348 g/mol. The standard InChI is InChI=1S/C18H24N2O5/c1-17(5-6-17)12(21)9-13(22)25-10-11-14(16(23)24-4)15(19-20(11)3)18(2)7-8-18/h5-10H2,1-4H3. The Bertz CT molecular complexity index is 741. The van der Waals surface area contributed by atoms with E-state index in [9.17, 15) is 14.4 Å². The number of carbonyl (C=O) groups excluding carboxylic acids is 3. The van der Waals surface area contributed by atoms with Crippen molar-refractivity contribution in [2.45, 2.75) is 58.0 Å². The fourth-order valence-corrected chi connectivity index (χ4v) is 2.90. The van der Waals surface area contributed by atoms with Crippen molar-refractivity contribution < 1.29 is 23.9 Å². The molecule has 2 aliphatic carbocycles. The van der Waals surface area contributed by atoms with Crippen LogP contribution in [0, 0.1) is 5.41 Å². The summed E-state index contributed by atoms with van der Waals surface area (Å²) in [6.07, 6.45) is 3.34. The molecule has 2 aliphatic rings. The second kappa shape index (κ2) is 5.97. The Morgan fingerprint density at radius 1 is 1.16 bits per heavy atom. The lowest BCUT2D eigenvalue weighted by Crippen LogP contribution is -2.19. The zero-order chi connectivity index (χ0) is 18.4. The van der Waals surface area contributed by atoms with Gasteiger partial charge in [-0.1, -0.05) is 13.8 Å². The smallest absolute Gasteiger partial charge is 0.341 e. The van der Waals surface area contributed by atoms with E-state index in [1.54, 1.807) is 11.7 Å². The number of Topliss-reactive ketones (excluding diaryl/α,β-unsaturated/α-hetero) is 1. The number of aromatic nitrogens is 2. The second-order valence-electron chi connectivity index (χ2n) is 7.67. The van der Waals surface area contributed by atoms with E-state index in [2.05, 4.69) is 5.10 Å². The van der Waals surface area contributed by atoms with Crippen LogP contribution in [0.5, 0.6) is 0 Å². The van der Waals surface area contributed by atoms with Gasteiger partial charge in [-0.2, -0.15) is 5.10 Å². The van der Waals surface area contributed by atoms with Gasteiger partial charge in [-0.25, -0.2) is 4.79 Å². The van der Waals surface area contributed by atoms with Crippen LogP contribution in [0.2, 0.25) is 0 Å². The molecule has 0 bridgehead atoms. The van der Waals surface area contributed by atoms with Gasteiger partial charge in [0, 0.05) is 17.9 Å². The maximum Gasteiger partial charge on any atom is 0.341 e. The van der Waals surface area contributed by atoms with Crippen molar-refractivity contribution in [3.05, 3.63) is 17.0 Å². The van der Waals surface area contributed by atoms with E-state index in [1.165, 1.54) is 7.11 Å². The molecule has 0 spiro atoms. The second-order valence-corrected chi connectivity index (χ2v) is 7.67. The van der Waals surface area contributed by atoms with Gasteiger partial charge in [0.25, 0.3) is 0 Å². The molecule has 3 rings (SSSR count). The average Bonchev–Trinajstić information content (AvgIpc) is 3.46. The van der Waals surface area contributed by atoms with Gasteiger partial charge < -0.3 is 9.47 Å². The van der Waals surface area contributed by atoms with Crippen LogP contribution in [0.25, 0.3) is 0 Å². The van der Waals surface area contributed by atoms with Crippen LogP contribution < -0.4 is 0 Å². The van der Waals surface area contributed by atoms with Crippen molar-refractivity contribution in [3.63, 3.8) is 0 Å². The van der Waals surface area contributed by atoms with Crippen LogP contribution in [-0.4, -0.2) is 34.6 Å². The highest BCUT2D eigenvalue weighted by atomic mass is 16.5. The monoisotopic (exact) mass is 348 g/mol. The molecule has 0 amide bonds. The molecule has 2 fully saturated rings. The molecule has 1 aromatic rings. The number of carbonyl (C=O) groups is 3. The van der Waals surface area contributed by atoms with Crippen LogP contribution in [0.4, 0.5) is 0 Å².